The molecule has 0 aromatic carbocycles. The van der Waals surface area contributed by atoms with Crippen LogP contribution in [0.2, 0.25) is 0 Å². The molecule has 1 saturated heterocycles. The van der Waals surface area contributed by atoms with Crippen LogP contribution in [-0.2, 0) is 0 Å². The van der Waals surface area contributed by atoms with Crippen molar-refractivity contribution in [3.05, 3.63) is 0 Å². The van der Waals surface area contributed by atoms with Gasteiger partial charge in [-0.1, -0.05) is 19.8 Å². The highest BCUT2D eigenvalue weighted by Gasteiger charge is 2.41. The summed E-state index contributed by atoms with van der Waals surface area (Å²) in [5, 5.41) is 13.6. The first-order valence-electron chi connectivity index (χ1n) is 9.12. The second-order valence-corrected chi connectivity index (χ2v) is 7.56. The summed E-state index contributed by atoms with van der Waals surface area (Å²) in [6, 6.07) is -1.42. The molecule has 2 fully saturated rings. The van der Waals surface area contributed by atoms with Crippen molar-refractivity contribution in [2.75, 3.05) is 39.8 Å². The number of aliphatic hydroxyl groups excluding tert-OH is 1. The van der Waals surface area contributed by atoms with E-state index in [0.29, 0.717) is 38.7 Å². The number of guanidine groups is 1. The number of halogens is 3. The molecule has 3 atom stereocenters. The van der Waals surface area contributed by atoms with Crippen LogP contribution in [0.25, 0.3) is 0 Å². The van der Waals surface area contributed by atoms with Gasteiger partial charge >= 0.3 is 6.18 Å². The van der Waals surface area contributed by atoms with Crippen molar-refractivity contribution in [2.24, 2.45) is 10.4 Å². The highest BCUT2D eigenvalue weighted by molar-refractivity contribution is 5.80. The van der Waals surface area contributed by atoms with Gasteiger partial charge < -0.3 is 15.3 Å². The highest BCUT2D eigenvalue weighted by atomic mass is 19.4. The van der Waals surface area contributed by atoms with Crippen molar-refractivity contribution in [3.63, 3.8) is 0 Å². The predicted octanol–water partition coefficient (Wildman–Crippen LogP) is 2.07. The largest absolute Gasteiger partial charge is 0.403 e. The van der Waals surface area contributed by atoms with Crippen LogP contribution < -0.4 is 5.32 Å². The molecule has 1 aliphatic carbocycles. The Hall–Kier alpha value is -1.02. The molecule has 8 heteroatoms. The highest BCUT2D eigenvalue weighted by Crippen LogP contribution is 2.35. The maximum atomic E-state index is 12.8. The zero-order valence-corrected chi connectivity index (χ0v) is 15.4. The third-order valence-corrected chi connectivity index (χ3v) is 5.78. The van der Waals surface area contributed by atoms with Gasteiger partial charge in [0.2, 0.25) is 0 Å². The Labute approximate surface area is 148 Å². The Balaban J connectivity index is 1.86. The van der Waals surface area contributed by atoms with E-state index in [9.17, 15) is 18.3 Å². The first kappa shape index (κ1) is 20.3. The van der Waals surface area contributed by atoms with Crippen molar-refractivity contribution in [1.82, 2.24) is 15.1 Å². The lowest BCUT2D eigenvalue weighted by Crippen LogP contribution is -2.57. The molecular formula is C17H31F3N4O. The molecule has 1 heterocycles. The molecule has 0 radical (unpaired) electrons. The van der Waals surface area contributed by atoms with Crippen molar-refractivity contribution >= 4 is 5.96 Å². The van der Waals surface area contributed by atoms with Crippen molar-refractivity contribution in [2.45, 2.75) is 57.9 Å². The van der Waals surface area contributed by atoms with Crippen LogP contribution >= 0.6 is 0 Å². The Morgan fingerprint density at radius 2 is 1.92 bits per heavy atom. The number of nitrogens with one attached hydrogen (secondary N) is 1. The van der Waals surface area contributed by atoms with E-state index in [1.807, 2.05) is 4.90 Å². The van der Waals surface area contributed by atoms with Gasteiger partial charge in [0.15, 0.2) is 5.96 Å². The summed E-state index contributed by atoms with van der Waals surface area (Å²) < 4.78 is 38.5. The number of aliphatic imine (C=N–C) groups is 1. The number of nitrogens with zero attached hydrogens (tertiary/aromatic N) is 3. The van der Waals surface area contributed by atoms with Gasteiger partial charge in [0.05, 0.1) is 6.10 Å². The number of hydrogen-bond acceptors (Lipinski definition) is 3. The van der Waals surface area contributed by atoms with Crippen LogP contribution in [0.4, 0.5) is 13.2 Å². The third-order valence-electron chi connectivity index (χ3n) is 5.78. The monoisotopic (exact) mass is 364 g/mol. The van der Waals surface area contributed by atoms with Gasteiger partial charge in [-0.2, -0.15) is 13.2 Å². The maximum Gasteiger partial charge on any atom is 0.403 e. The number of rotatable bonds is 3. The van der Waals surface area contributed by atoms with E-state index >= 15 is 0 Å². The SMILES string of the molecule is CN=C(NCC1(C)CCCCC1O)N1CCN(C(C)C(F)(F)F)CC1. The Morgan fingerprint density at radius 3 is 2.44 bits per heavy atom. The van der Waals surface area contributed by atoms with E-state index in [4.69, 9.17) is 0 Å². The minimum absolute atomic E-state index is 0.180. The summed E-state index contributed by atoms with van der Waals surface area (Å²) in [4.78, 5) is 7.75. The third kappa shape index (κ3) is 5.00. The van der Waals surface area contributed by atoms with E-state index in [-0.39, 0.29) is 11.5 Å². The first-order valence-corrected chi connectivity index (χ1v) is 9.12. The van der Waals surface area contributed by atoms with E-state index in [1.165, 1.54) is 11.8 Å². The number of piperazine rings is 1. The molecule has 5 nitrogen and oxygen atoms in total. The minimum atomic E-state index is -4.19. The lowest BCUT2D eigenvalue weighted by molar-refractivity contribution is -0.181. The Bertz CT molecular complexity index is 463. The molecular weight excluding hydrogens is 333 g/mol. The van der Waals surface area contributed by atoms with Crippen LogP contribution in [0.1, 0.15) is 39.5 Å². The smallest absolute Gasteiger partial charge is 0.392 e. The van der Waals surface area contributed by atoms with Gasteiger partial charge in [0.1, 0.15) is 6.04 Å². The molecule has 1 saturated carbocycles. The topological polar surface area (TPSA) is 51.1 Å². The molecule has 3 unspecified atom stereocenters. The second-order valence-electron chi connectivity index (χ2n) is 7.56. The molecule has 2 rings (SSSR count). The summed E-state index contributed by atoms with van der Waals surface area (Å²) in [6.07, 6.45) is -0.545. The Kier molecular flexibility index (Phi) is 6.59. The van der Waals surface area contributed by atoms with Crippen LogP contribution in [0.15, 0.2) is 4.99 Å². The zero-order valence-electron chi connectivity index (χ0n) is 15.4. The minimum Gasteiger partial charge on any atom is -0.392 e. The molecule has 25 heavy (non-hydrogen) atoms. The van der Waals surface area contributed by atoms with E-state index in [2.05, 4.69) is 17.2 Å². The zero-order chi connectivity index (χ0) is 18.7. The van der Waals surface area contributed by atoms with Crippen LogP contribution in [0, 0.1) is 5.41 Å². The van der Waals surface area contributed by atoms with Crippen LogP contribution in [0.3, 0.4) is 0 Å². The van der Waals surface area contributed by atoms with Gasteiger partial charge in [-0.15, -0.1) is 0 Å². The predicted molar refractivity (Wildman–Crippen MR) is 92.6 cm³/mol. The fourth-order valence-corrected chi connectivity index (χ4v) is 3.73. The standard InChI is InChI=1S/C17H31F3N4O/c1-13(17(18,19)20)23-8-10-24(11-9-23)15(21-3)22-12-16(2)7-5-4-6-14(16)25/h13-14,25H,4-12H2,1-3H3,(H,21,22). The van der Waals surface area contributed by atoms with E-state index < -0.39 is 12.2 Å². The molecule has 0 aromatic rings. The summed E-state index contributed by atoms with van der Waals surface area (Å²) in [5.41, 5.74) is -0.180. The molecule has 146 valence electrons. The quantitative estimate of drug-likeness (QED) is 0.595. The van der Waals surface area contributed by atoms with Gasteiger partial charge in [0, 0.05) is 45.2 Å². The van der Waals surface area contributed by atoms with Gasteiger partial charge in [0.25, 0.3) is 0 Å². The molecule has 1 aliphatic heterocycles. The summed E-state index contributed by atoms with van der Waals surface area (Å²) in [5.74, 6) is 0.707. The second kappa shape index (κ2) is 8.12. The summed E-state index contributed by atoms with van der Waals surface area (Å²) in [7, 11) is 1.69. The van der Waals surface area contributed by atoms with Crippen LogP contribution in [0.5, 0.6) is 0 Å². The van der Waals surface area contributed by atoms with Gasteiger partial charge in [-0.3, -0.25) is 9.89 Å². The Morgan fingerprint density at radius 1 is 1.28 bits per heavy atom. The summed E-state index contributed by atoms with van der Waals surface area (Å²) in [6.45, 7) is 5.68. The fourth-order valence-electron chi connectivity index (χ4n) is 3.73. The lowest BCUT2D eigenvalue weighted by Gasteiger charge is -2.42. The fraction of sp³-hybridized carbons (Fsp3) is 0.941. The average molecular weight is 364 g/mol. The number of alkyl halides is 3. The summed E-state index contributed by atoms with van der Waals surface area (Å²) >= 11 is 0. The normalized spacial score (nSPS) is 31.1. The van der Waals surface area contributed by atoms with E-state index in [1.54, 1.807) is 7.05 Å². The molecule has 0 spiro atoms. The first-order chi connectivity index (χ1) is 11.7. The average Bonchev–Trinajstić information content (AvgIpc) is 2.57. The lowest BCUT2D eigenvalue weighted by atomic mass is 9.73. The molecule has 0 amide bonds. The maximum absolute atomic E-state index is 12.8. The van der Waals surface area contributed by atoms with Crippen molar-refractivity contribution in [1.29, 1.82) is 0 Å². The number of aliphatic hydroxyl groups is 1. The van der Waals surface area contributed by atoms with E-state index in [0.717, 1.165) is 25.7 Å². The van der Waals surface area contributed by atoms with Gasteiger partial charge in [-0.25, -0.2) is 0 Å². The molecule has 0 bridgehead atoms. The molecule has 2 N–H and O–H groups in total. The van der Waals surface area contributed by atoms with Crippen LogP contribution in [-0.4, -0.2) is 79.0 Å². The van der Waals surface area contributed by atoms with Gasteiger partial charge in [-0.05, 0) is 19.8 Å². The molecule has 0 aromatic heterocycles. The van der Waals surface area contributed by atoms with Crippen molar-refractivity contribution < 1.29 is 18.3 Å². The van der Waals surface area contributed by atoms with Crippen molar-refractivity contribution in [3.8, 4) is 0 Å². The molecule has 2 aliphatic rings. The number of hydrogen-bond donors (Lipinski definition) is 2.